The minimum Gasteiger partial charge on any atom is -0.490 e. The van der Waals surface area contributed by atoms with E-state index in [1.807, 2.05) is 12.1 Å². The summed E-state index contributed by atoms with van der Waals surface area (Å²) in [7, 11) is 0. The molecule has 1 saturated carbocycles. The molecule has 1 aliphatic carbocycles. The van der Waals surface area contributed by atoms with Crippen molar-refractivity contribution in [2.24, 2.45) is 10.4 Å². The van der Waals surface area contributed by atoms with Crippen molar-refractivity contribution in [3.8, 4) is 5.75 Å². The second kappa shape index (κ2) is 13.1. The van der Waals surface area contributed by atoms with Crippen LogP contribution in [-0.4, -0.2) is 48.9 Å². The van der Waals surface area contributed by atoms with Crippen molar-refractivity contribution in [3.05, 3.63) is 24.5 Å². The molecule has 148 valence electrons. The molecular formula is C19H33IN4O2. The Kier molecular flexibility index (Phi) is 11.6. The highest BCUT2D eigenvalue weighted by atomic mass is 127. The lowest BCUT2D eigenvalue weighted by molar-refractivity contribution is 0.137. The van der Waals surface area contributed by atoms with Gasteiger partial charge in [0.1, 0.15) is 12.4 Å². The van der Waals surface area contributed by atoms with Crippen LogP contribution in [0.4, 0.5) is 0 Å². The molecule has 0 atom stereocenters. The number of rotatable bonds is 9. The topological polar surface area (TPSA) is 78.8 Å². The van der Waals surface area contributed by atoms with Gasteiger partial charge in [-0.2, -0.15) is 0 Å². The average Bonchev–Trinajstić information content (AvgIpc) is 2.65. The second-order valence-corrected chi connectivity index (χ2v) is 6.69. The van der Waals surface area contributed by atoms with Crippen molar-refractivity contribution in [1.82, 2.24) is 15.6 Å². The number of ether oxygens (including phenoxy) is 1. The lowest BCUT2D eigenvalue weighted by Crippen LogP contribution is -2.40. The molecule has 1 fully saturated rings. The zero-order chi connectivity index (χ0) is 17.8. The van der Waals surface area contributed by atoms with E-state index in [1.165, 1.54) is 32.1 Å². The Morgan fingerprint density at radius 2 is 2.12 bits per heavy atom. The van der Waals surface area contributed by atoms with Crippen molar-refractivity contribution in [2.45, 2.75) is 45.4 Å². The Morgan fingerprint density at radius 1 is 1.31 bits per heavy atom. The number of aliphatic hydroxyl groups excluding tert-OH is 1. The molecule has 0 bridgehead atoms. The largest absolute Gasteiger partial charge is 0.490 e. The molecule has 3 N–H and O–H groups in total. The monoisotopic (exact) mass is 476 g/mol. The van der Waals surface area contributed by atoms with Crippen LogP contribution in [0.5, 0.6) is 5.75 Å². The zero-order valence-corrected chi connectivity index (χ0v) is 18.1. The maximum atomic E-state index is 9.43. The van der Waals surface area contributed by atoms with E-state index >= 15 is 0 Å². The first-order valence-corrected chi connectivity index (χ1v) is 9.44. The van der Waals surface area contributed by atoms with Crippen LogP contribution < -0.4 is 15.4 Å². The summed E-state index contributed by atoms with van der Waals surface area (Å²) in [6, 6.07) is 3.76. The third kappa shape index (κ3) is 8.07. The summed E-state index contributed by atoms with van der Waals surface area (Å²) in [6.45, 7) is 5.13. The first-order valence-electron chi connectivity index (χ1n) is 9.44. The van der Waals surface area contributed by atoms with Gasteiger partial charge in [0.05, 0.1) is 12.7 Å². The lowest BCUT2D eigenvalue weighted by atomic mass is 9.72. The van der Waals surface area contributed by atoms with E-state index in [9.17, 15) is 5.11 Å². The maximum absolute atomic E-state index is 9.43. The fourth-order valence-corrected chi connectivity index (χ4v) is 3.39. The highest BCUT2D eigenvalue weighted by molar-refractivity contribution is 14.0. The van der Waals surface area contributed by atoms with Crippen LogP contribution in [0, 0.1) is 5.41 Å². The molecule has 7 heteroatoms. The Hall–Kier alpha value is -1.09. The van der Waals surface area contributed by atoms with E-state index in [0.717, 1.165) is 31.2 Å². The average molecular weight is 476 g/mol. The maximum Gasteiger partial charge on any atom is 0.191 e. The van der Waals surface area contributed by atoms with Gasteiger partial charge in [-0.3, -0.25) is 9.98 Å². The molecule has 1 heterocycles. The molecule has 0 amide bonds. The number of pyridine rings is 1. The van der Waals surface area contributed by atoms with Crippen LogP contribution in [0.25, 0.3) is 0 Å². The van der Waals surface area contributed by atoms with Crippen LogP contribution in [0.3, 0.4) is 0 Å². The summed E-state index contributed by atoms with van der Waals surface area (Å²) in [5, 5.41) is 16.0. The fraction of sp³-hybridized carbons (Fsp3) is 0.684. The summed E-state index contributed by atoms with van der Waals surface area (Å²) in [5.41, 5.74) is 0.168. The van der Waals surface area contributed by atoms with Crippen LogP contribution in [0.2, 0.25) is 0 Å². The molecule has 26 heavy (non-hydrogen) atoms. The Morgan fingerprint density at radius 3 is 2.77 bits per heavy atom. The third-order valence-corrected chi connectivity index (χ3v) is 4.77. The first kappa shape index (κ1) is 23.0. The summed E-state index contributed by atoms with van der Waals surface area (Å²) < 4.78 is 5.65. The van der Waals surface area contributed by atoms with Gasteiger partial charge in [0.2, 0.25) is 0 Å². The summed E-state index contributed by atoms with van der Waals surface area (Å²) >= 11 is 0. The van der Waals surface area contributed by atoms with Gasteiger partial charge in [-0.1, -0.05) is 19.3 Å². The quantitative estimate of drug-likeness (QED) is 0.221. The molecule has 6 nitrogen and oxygen atoms in total. The minimum atomic E-state index is 0. The zero-order valence-electron chi connectivity index (χ0n) is 15.7. The summed E-state index contributed by atoms with van der Waals surface area (Å²) in [6.07, 6.45) is 10.4. The van der Waals surface area contributed by atoms with Crippen LogP contribution in [0.15, 0.2) is 29.5 Å². The van der Waals surface area contributed by atoms with Gasteiger partial charge in [-0.25, -0.2) is 0 Å². The Labute approximate surface area is 174 Å². The first-order chi connectivity index (χ1) is 12.3. The smallest absolute Gasteiger partial charge is 0.191 e. The van der Waals surface area contributed by atoms with Crippen molar-refractivity contribution in [2.75, 3.05) is 32.8 Å². The number of nitrogens with zero attached hydrogens (tertiary/aromatic N) is 2. The number of guanidine groups is 1. The molecule has 0 radical (unpaired) electrons. The van der Waals surface area contributed by atoms with E-state index < -0.39 is 0 Å². The van der Waals surface area contributed by atoms with Crippen molar-refractivity contribution in [3.63, 3.8) is 0 Å². The van der Waals surface area contributed by atoms with Crippen molar-refractivity contribution >= 4 is 29.9 Å². The Balaban J connectivity index is 0.00000338. The molecule has 0 aromatic carbocycles. The van der Waals surface area contributed by atoms with Gasteiger partial charge in [0.25, 0.3) is 0 Å². The predicted octanol–water partition coefficient (Wildman–Crippen LogP) is 2.97. The van der Waals surface area contributed by atoms with Gasteiger partial charge in [-0.15, -0.1) is 24.0 Å². The van der Waals surface area contributed by atoms with E-state index in [0.29, 0.717) is 13.2 Å². The van der Waals surface area contributed by atoms with Crippen LogP contribution in [0.1, 0.15) is 45.4 Å². The van der Waals surface area contributed by atoms with Gasteiger partial charge >= 0.3 is 0 Å². The SMILES string of the molecule is CCNC(=NCC1(CCO)CCCCC1)NCCOc1cccnc1.I. The van der Waals surface area contributed by atoms with E-state index in [2.05, 4.69) is 22.5 Å². The molecule has 0 saturated heterocycles. The minimum absolute atomic E-state index is 0. The Bertz CT molecular complexity index is 502. The highest BCUT2D eigenvalue weighted by Gasteiger charge is 2.31. The van der Waals surface area contributed by atoms with E-state index in [-0.39, 0.29) is 36.0 Å². The fourth-order valence-electron chi connectivity index (χ4n) is 3.39. The van der Waals surface area contributed by atoms with Crippen LogP contribution in [-0.2, 0) is 0 Å². The molecule has 1 aliphatic rings. The number of hydrogen-bond donors (Lipinski definition) is 3. The molecule has 0 aliphatic heterocycles. The molecule has 2 rings (SSSR count). The van der Waals surface area contributed by atoms with Gasteiger partial charge < -0.3 is 20.5 Å². The lowest BCUT2D eigenvalue weighted by Gasteiger charge is -2.35. The molecular weight excluding hydrogens is 443 g/mol. The number of aliphatic imine (C=N–C) groups is 1. The highest BCUT2D eigenvalue weighted by Crippen LogP contribution is 2.39. The van der Waals surface area contributed by atoms with E-state index in [1.54, 1.807) is 12.4 Å². The standard InChI is InChI=1S/C19H32N4O2.HI/c1-2-21-18(22-12-14-25-17-7-6-11-20-15-17)23-16-19(10-13-24)8-4-3-5-9-19;/h6-7,11,15,24H,2-5,8-10,12-14,16H2,1H3,(H2,21,22,23);1H. The van der Waals surface area contributed by atoms with E-state index in [4.69, 9.17) is 9.73 Å². The molecule has 1 aromatic heterocycles. The number of aromatic nitrogens is 1. The number of nitrogens with one attached hydrogen (secondary N) is 2. The summed E-state index contributed by atoms with van der Waals surface area (Å²) in [5.74, 6) is 1.59. The van der Waals surface area contributed by atoms with Crippen LogP contribution >= 0.6 is 24.0 Å². The number of hydrogen-bond acceptors (Lipinski definition) is 4. The van der Waals surface area contributed by atoms with Gasteiger partial charge in [0, 0.05) is 25.9 Å². The van der Waals surface area contributed by atoms with Crippen molar-refractivity contribution in [1.29, 1.82) is 0 Å². The third-order valence-electron chi connectivity index (χ3n) is 4.77. The number of halogens is 1. The summed E-state index contributed by atoms with van der Waals surface area (Å²) in [4.78, 5) is 8.82. The van der Waals surface area contributed by atoms with Gasteiger partial charge in [-0.05, 0) is 43.7 Å². The normalized spacial score (nSPS) is 16.5. The molecule has 0 spiro atoms. The molecule has 0 unspecified atom stereocenters. The number of aliphatic hydroxyl groups is 1. The molecule has 1 aromatic rings. The predicted molar refractivity (Wildman–Crippen MR) is 116 cm³/mol. The van der Waals surface area contributed by atoms with Gasteiger partial charge in [0.15, 0.2) is 5.96 Å². The second-order valence-electron chi connectivity index (χ2n) is 6.69. The van der Waals surface area contributed by atoms with Crippen molar-refractivity contribution < 1.29 is 9.84 Å².